The first-order valence-electron chi connectivity index (χ1n) is 5.26. The molecule has 1 aromatic heterocycles. The number of ether oxygens (including phenoxy) is 1. The van der Waals surface area contributed by atoms with Crippen molar-refractivity contribution in [2.45, 2.75) is 6.04 Å². The second-order valence-corrected chi connectivity index (χ2v) is 3.70. The number of nitrogens with two attached hydrogens (primary N) is 2. The van der Waals surface area contributed by atoms with Crippen molar-refractivity contribution in [3.05, 3.63) is 12.0 Å². The summed E-state index contributed by atoms with van der Waals surface area (Å²) in [5.74, 6) is 3.94. The molecule has 2 rings (SSSR count). The number of nitrogens with one attached hydrogen (secondary N) is 1. The standard InChI is InChI=1S/C9H13FN6O2/c10-5-3-13-9(15-12)14-8(5)16-1-2-18-4-6(16)7(11)17/h3,6H,1-2,4,12H2,(H2,11,17)(H,13,14,15). The molecule has 8 nitrogen and oxygen atoms in total. The minimum Gasteiger partial charge on any atom is -0.377 e. The second kappa shape index (κ2) is 5.10. The number of primary amides is 1. The van der Waals surface area contributed by atoms with E-state index >= 15 is 0 Å². The highest BCUT2D eigenvalue weighted by molar-refractivity contribution is 5.83. The molecule has 0 aromatic carbocycles. The molecule has 1 aliphatic heterocycles. The van der Waals surface area contributed by atoms with Crippen molar-refractivity contribution in [1.29, 1.82) is 0 Å². The third-order valence-electron chi connectivity index (χ3n) is 2.58. The molecule has 1 aromatic rings. The van der Waals surface area contributed by atoms with Gasteiger partial charge in [0.15, 0.2) is 11.6 Å². The van der Waals surface area contributed by atoms with Crippen molar-refractivity contribution in [2.24, 2.45) is 11.6 Å². The number of carbonyl (C=O) groups excluding carboxylic acids is 1. The highest BCUT2D eigenvalue weighted by atomic mass is 19.1. The molecule has 0 aliphatic carbocycles. The van der Waals surface area contributed by atoms with Crippen LogP contribution in [0.1, 0.15) is 0 Å². The lowest BCUT2D eigenvalue weighted by Crippen LogP contribution is -2.53. The molecule has 1 amide bonds. The lowest BCUT2D eigenvalue weighted by atomic mass is 10.2. The summed E-state index contributed by atoms with van der Waals surface area (Å²) in [7, 11) is 0. The molecule has 1 atom stereocenters. The van der Waals surface area contributed by atoms with E-state index in [4.69, 9.17) is 16.3 Å². The summed E-state index contributed by atoms with van der Waals surface area (Å²) in [6.45, 7) is 0.772. The number of hydrogen-bond donors (Lipinski definition) is 3. The Hall–Kier alpha value is -2.00. The average Bonchev–Trinajstić information content (AvgIpc) is 2.39. The van der Waals surface area contributed by atoms with Crippen LogP contribution in [0.25, 0.3) is 0 Å². The maximum absolute atomic E-state index is 13.7. The summed E-state index contributed by atoms with van der Waals surface area (Å²) >= 11 is 0. The average molecular weight is 256 g/mol. The van der Waals surface area contributed by atoms with E-state index in [-0.39, 0.29) is 18.4 Å². The van der Waals surface area contributed by atoms with Gasteiger partial charge in [-0.25, -0.2) is 15.2 Å². The number of hydrogen-bond acceptors (Lipinski definition) is 7. The molecule has 1 unspecified atom stereocenters. The van der Waals surface area contributed by atoms with E-state index in [9.17, 15) is 9.18 Å². The predicted molar refractivity (Wildman–Crippen MR) is 60.9 cm³/mol. The van der Waals surface area contributed by atoms with Crippen LogP contribution in [0.3, 0.4) is 0 Å². The lowest BCUT2D eigenvalue weighted by Gasteiger charge is -2.34. The van der Waals surface area contributed by atoms with Crippen LogP contribution >= 0.6 is 0 Å². The van der Waals surface area contributed by atoms with Crippen LogP contribution in [0, 0.1) is 5.82 Å². The van der Waals surface area contributed by atoms with Gasteiger partial charge in [-0.2, -0.15) is 4.98 Å². The molecular weight excluding hydrogens is 243 g/mol. The Kier molecular flexibility index (Phi) is 3.53. The van der Waals surface area contributed by atoms with E-state index in [0.717, 1.165) is 6.20 Å². The van der Waals surface area contributed by atoms with E-state index in [0.29, 0.717) is 13.2 Å². The van der Waals surface area contributed by atoms with Crippen LogP contribution in [0.4, 0.5) is 16.2 Å². The van der Waals surface area contributed by atoms with Crippen molar-refractivity contribution in [2.75, 3.05) is 30.1 Å². The molecule has 0 bridgehead atoms. The van der Waals surface area contributed by atoms with Gasteiger partial charge in [0.25, 0.3) is 0 Å². The fraction of sp³-hybridized carbons (Fsp3) is 0.444. The molecule has 0 radical (unpaired) electrons. The Labute approximate surface area is 102 Å². The highest BCUT2D eigenvalue weighted by Crippen LogP contribution is 2.21. The Balaban J connectivity index is 2.35. The van der Waals surface area contributed by atoms with Gasteiger partial charge in [-0.3, -0.25) is 10.2 Å². The van der Waals surface area contributed by atoms with Crippen LogP contribution in [0.2, 0.25) is 0 Å². The fourth-order valence-corrected chi connectivity index (χ4v) is 1.72. The number of amides is 1. The van der Waals surface area contributed by atoms with Gasteiger partial charge in [-0.1, -0.05) is 0 Å². The number of aromatic nitrogens is 2. The largest absolute Gasteiger partial charge is 0.377 e. The van der Waals surface area contributed by atoms with Gasteiger partial charge in [-0.15, -0.1) is 0 Å². The zero-order valence-electron chi connectivity index (χ0n) is 9.47. The first-order chi connectivity index (χ1) is 8.63. The summed E-state index contributed by atoms with van der Waals surface area (Å²) in [5.41, 5.74) is 7.46. The molecular formula is C9H13FN6O2. The summed E-state index contributed by atoms with van der Waals surface area (Å²) < 4.78 is 18.8. The Morgan fingerprint density at radius 2 is 2.44 bits per heavy atom. The number of nitrogens with zero attached hydrogens (tertiary/aromatic N) is 3. The second-order valence-electron chi connectivity index (χ2n) is 3.70. The molecule has 2 heterocycles. The van der Waals surface area contributed by atoms with Crippen LogP contribution in [0.15, 0.2) is 6.20 Å². The van der Waals surface area contributed by atoms with Gasteiger partial charge >= 0.3 is 0 Å². The fourth-order valence-electron chi connectivity index (χ4n) is 1.72. The number of rotatable bonds is 3. The Morgan fingerprint density at radius 3 is 3.11 bits per heavy atom. The normalized spacial score (nSPS) is 19.7. The first kappa shape index (κ1) is 12.5. The SMILES string of the molecule is NNc1ncc(F)c(N2CCOCC2C(N)=O)n1. The van der Waals surface area contributed by atoms with Crippen molar-refractivity contribution >= 4 is 17.7 Å². The highest BCUT2D eigenvalue weighted by Gasteiger charge is 2.30. The van der Waals surface area contributed by atoms with Gasteiger partial charge in [-0.05, 0) is 0 Å². The van der Waals surface area contributed by atoms with Gasteiger partial charge in [0.05, 0.1) is 19.4 Å². The molecule has 18 heavy (non-hydrogen) atoms. The molecule has 9 heteroatoms. The summed E-state index contributed by atoms with van der Waals surface area (Å²) in [6, 6.07) is -0.756. The Bertz CT molecular complexity index is 457. The van der Waals surface area contributed by atoms with E-state index in [1.807, 2.05) is 0 Å². The first-order valence-corrected chi connectivity index (χ1v) is 5.26. The van der Waals surface area contributed by atoms with E-state index in [2.05, 4.69) is 15.4 Å². The van der Waals surface area contributed by atoms with E-state index in [1.165, 1.54) is 4.90 Å². The van der Waals surface area contributed by atoms with Crippen LogP contribution in [-0.2, 0) is 9.53 Å². The van der Waals surface area contributed by atoms with Crippen molar-refractivity contribution in [1.82, 2.24) is 9.97 Å². The minimum absolute atomic E-state index is 0.0231. The molecule has 0 saturated carbocycles. The van der Waals surface area contributed by atoms with Gasteiger partial charge in [0.2, 0.25) is 11.9 Å². The van der Waals surface area contributed by atoms with Crippen molar-refractivity contribution < 1.29 is 13.9 Å². The number of halogens is 1. The van der Waals surface area contributed by atoms with Gasteiger partial charge in [0, 0.05) is 6.54 Å². The molecule has 98 valence electrons. The smallest absolute Gasteiger partial charge is 0.242 e. The Morgan fingerprint density at radius 1 is 1.67 bits per heavy atom. The number of carbonyl (C=O) groups is 1. The van der Waals surface area contributed by atoms with Gasteiger partial charge in [0.1, 0.15) is 6.04 Å². The predicted octanol–water partition coefficient (Wildman–Crippen LogP) is -1.41. The number of anilines is 2. The maximum Gasteiger partial charge on any atom is 0.242 e. The quantitative estimate of drug-likeness (QED) is 0.449. The zero-order chi connectivity index (χ0) is 13.1. The van der Waals surface area contributed by atoms with E-state index < -0.39 is 17.8 Å². The summed E-state index contributed by atoms with van der Waals surface area (Å²) in [6.07, 6.45) is 0.977. The number of morpholine rings is 1. The third kappa shape index (κ3) is 2.31. The molecule has 0 spiro atoms. The lowest BCUT2D eigenvalue weighted by molar-refractivity contribution is -0.121. The topological polar surface area (TPSA) is 119 Å². The number of nitrogen functional groups attached to an aromatic ring is 1. The third-order valence-corrected chi connectivity index (χ3v) is 2.58. The maximum atomic E-state index is 13.7. The van der Waals surface area contributed by atoms with Crippen molar-refractivity contribution in [3.8, 4) is 0 Å². The minimum atomic E-state index is -0.756. The van der Waals surface area contributed by atoms with Crippen LogP contribution in [0.5, 0.6) is 0 Å². The zero-order valence-corrected chi connectivity index (χ0v) is 9.47. The molecule has 1 aliphatic rings. The van der Waals surface area contributed by atoms with Gasteiger partial charge < -0.3 is 15.4 Å². The molecule has 1 saturated heterocycles. The number of hydrazine groups is 1. The summed E-state index contributed by atoms with van der Waals surface area (Å²) in [5, 5.41) is 0. The van der Waals surface area contributed by atoms with E-state index in [1.54, 1.807) is 0 Å². The van der Waals surface area contributed by atoms with Crippen LogP contribution < -0.4 is 21.9 Å². The summed E-state index contributed by atoms with van der Waals surface area (Å²) in [4.78, 5) is 20.3. The monoisotopic (exact) mass is 256 g/mol. The molecule has 1 fully saturated rings. The van der Waals surface area contributed by atoms with Crippen molar-refractivity contribution in [3.63, 3.8) is 0 Å². The van der Waals surface area contributed by atoms with Crippen LogP contribution in [-0.4, -0.2) is 41.7 Å². The molecule has 5 N–H and O–H groups in total.